The lowest BCUT2D eigenvalue weighted by atomic mass is 10.0. The van der Waals surface area contributed by atoms with Crippen molar-refractivity contribution in [2.45, 2.75) is 26.2 Å². The van der Waals surface area contributed by atoms with Gasteiger partial charge in [-0.2, -0.15) is 0 Å². The fraction of sp³-hybridized carbons (Fsp3) is 0.333. The van der Waals surface area contributed by atoms with E-state index in [1.807, 2.05) is 42.5 Å². The van der Waals surface area contributed by atoms with Crippen LogP contribution in [0.5, 0.6) is 11.5 Å². The maximum Gasteiger partial charge on any atom is 0.122 e. The first kappa shape index (κ1) is 15.2. The number of hydrogen-bond acceptors (Lipinski definition) is 3. The Balaban J connectivity index is 1.75. The summed E-state index contributed by atoms with van der Waals surface area (Å²) >= 11 is 0. The molecule has 2 aromatic carbocycles. The lowest BCUT2D eigenvalue weighted by Crippen LogP contribution is -2.06. The molecule has 3 nitrogen and oxygen atoms in total. The van der Waals surface area contributed by atoms with E-state index in [0.29, 0.717) is 19.1 Å². The summed E-state index contributed by atoms with van der Waals surface area (Å²) < 4.78 is 11.5. The standard InChI is InChI=1S/C18H23NO2/c1-14(2)17-9-3-4-10-18(17)21-12-6-11-20-16-8-5-7-15(19)13-16/h3-5,7-10,13-14H,6,11-12,19H2,1-2H3. The van der Waals surface area contributed by atoms with Crippen molar-refractivity contribution in [2.24, 2.45) is 0 Å². The molecule has 2 rings (SSSR count). The normalized spacial score (nSPS) is 10.6. The minimum Gasteiger partial charge on any atom is -0.493 e. The molecule has 0 saturated heterocycles. The first-order valence-electron chi connectivity index (χ1n) is 7.37. The highest BCUT2D eigenvalue weighted by Crippen LogP contribution is 2.25. The van der Waals surface area contributed by atoms with E-state index in [1.54, 1.807) is 0 Å². The summed E-state index contributed by atoms with van der Waals surface area (Å²) in [6.07, 6.45) is 0.835. The quantitative estimate of drug-likeness (QED) is 0.611. The molecule has 0 saturated carbocycles. The van der Waals surface area contributed by atoms with Gasteiger partial charge >= 0.3 is 0 Å². The van der Waals surface area contributed by atoms with Crippen LogP contribution in [0.25, 0.3) is 0 Å². The van der Waals surface area contributed by atoms with E-state index in [1.165, 1.54) is 5.56 Å². The van der Waals surface area contributed by atoms with Gasteiger partial charge in [-0.05, 0) is 29.7 Å². The van der Waals surface area contributed by atoms with Crippen molar-refractivity contribution in [3.05, 3.63) is 54.1 Å². The van der Waals surface area contributed by atoms with Gasteiger partial charge in [-0.1, -0.05) is 38.1 Å². The molecule has 0 amide bonds. The molecule has 0 bridgehead atoms. The third-order valence-electron chi connectivity index (χ3n) is 3.21. The Bertz CT molecular complexity index is 567. The summed E-state index contributed by atoms with van der Waals surface area (Å²) in [6, 6.07) is 15.7. The molecule has 0 aliphatic rings. The van der Waals surface area contributed by atoms with Crippen LogP contribution in [0.4, 0.5) is 5.69 Å². The topological polar surface area (TPSA) is 44.5 Å². The SMILES string of the molecule is CC(C)c1ccccc1OCCCOc1cccc(N)c1. The second-order valence-electron chi connectivity index (χ2n) is 5.32. The molecule has 2 aromatic rings. The number of para-hydroxylation sites is 1. The van der Waals surface area contributed by atoms with Crippen molar-refractivity contribution in [3.8, 4) is 11.5 Å². The fourth-order valence-corrected chi connectivity index (χ4v) is 2.12. The van der Waals surface area contributed by atoms with Crippen molar-refractivity contribution in [1.29, 1.82) is 0 Å². The number of hydrogen-bond donors (Lipinski definition) is 1. The largest absolute Gasteiger partial charge is 0.493 e. The molecular weight excluding hydrogens is 262 g/mol. The van der Waals surface area contributed by atoms with Crippen LogP contribution in [0.2, 0.25) is 0 Å². The zero-order valence-corrected chi connectivity index (χ0v) is 12.7. The summed E-state index contributed by atoms with van der Waals surface area (Å²) in [6.45, 7) is 5.61. The van der Waals surface area contributed by atoms with Crippen LogP contribution in [0.1, 0.15) is 31.7 Å². The van der Waals surface area contributed by atoms with Gasteiger partial charge in [-0.25, -0.2) is 0 Å². The molecule has 0 heterocycles. The van der Waals surface area contributed by atoms with Crippen LogP contribution < -0.4 is 15.2 Å². The monoisotopic (exact) mass is 285 g/mol. The van der Waals surface area contributed by atoms with E-state index in [4.69, 9.17) is 15.2 Å². The number of nitrogen functional groups attached to an aromatic ring is 1. The second kappa shape index (κ2) is 7.58. The van der Waals surface area contributed by atoms with E-state index < -0.39 is 0 Å². The highest BCUT2D eigenvalue weighted by molar-refractivity contribution is 5.43. The van der Waals surface area contributed by atoms with Gasteiger partial charge in [0.05, 0.1) is 13.2 Å². The third kappa shape index (κ3) is 4.71. The van der Waals surface area contributed by atoms with Crippen LogP contribution >= 0.6 is 0 Å². The average molecular weight is 285 g/mol. The Hall–Kier alpha value is -2.16. The zero-order valence-electron chi connectivity index (χ0n) is 12.7. The highest BCUT2D eigenvalue weighted by Gasteiger charge is 2.06. The van der Waals surface area contributed by atoms with Crippen molar-refractivity contribution < 1.29 is 9.47 Å². The van der Waals surface area contributed by atoms with E-state index in [0.717, 1.165) is 23.6 Å². The first-order chi connectivity index (χ1) is 10.2. The van der Waals surface area contributed by atoms with E-state index in [9.17, 15) is 0 Å². The van der Waals surface area contributed by atoms with Gasteiger partial charge in [-0.15, -0.1) is 0 Å². The van der Waals surface area contributed by atoms with Crippen molar-refractivity contribution >= 4 is 5.69 Å². The lowest BCUT2D eigenvalue weighted by molar-refractivity contribution is 0.246. The van der Waals surface area contributed by atoms with Crippen LogP contribution in [-0.4, -0.2) is 13.2 Å². The zero-order chi connectivity index (χ0) is 15.1. The van der Waals surface area contributed by atoms with Gasteiger partial charge in [0.1, 0.15) is 11.5 Å². The van der Waals surface area contributed by atoms with Gasteiger partial charge in [0.15, 0.2) is 0 Å². The fourth-order valence-electron chi connectivity index (χ4n) is 2.12. The number of ether oxygens (including phenoxy) is 2. The van der Waals surface area contributed by atoms with E-state index in [2.05, 4.69) is 19.9 Å². The summed E-state index contributed by atoms with van der Waals surface area (Å²) in [5, 5.41) is 0. The molecule has 0 radical (unpaired) electrons. The maximum absolute atomic E-state index is 5.86. The Morgan fingerprint density at radius 3 is 2.48 bits per heavy atom. The number of benzene rings is 2. The van der Waals surface area contributed by atoms with Crippen molar-refractivity contribution in [2.75, 3.05) is 18.9 Å². The molecule has 0 atom stereocenters. The predicted octanol–water partition coefficient (Wildman–Crippen LogP) is 4.24. The Morgan fingerprint density at radius 1 is 0.952 bits per heavy atom. The number of rotatable bonds is 7. The van der Waals surface area contributed by atoms with Crippen LogP contribution in [0.15, 0.2) is 48.5 Å². The van der Waals surface area contributed by atoms with Crippen molar-refractivity contribution in [1.82, 2.24) is 0 Å². The molecular formula is C18H23NO2. The minimum absolute atomic E-state index is 0.463. The molecule has 3 heteroatoms. The maximum atomic E-state index is 5.86. The summed E-state index contributed by atoms with van der Waals surface area (Å²) in [5.74, 6) is 2.23. The highest BCUT2D eigenvalue weighted by atomic mass is 16.5. The van der Waals surface area contributed by atoms with Gasteiger partial charge < -0.3 is 15.2 Å². The average Bonchev–Trinajstić information content (AvgIpc) is 2.47. The Morgan fingerprint density at radius 2 is 1.71 bits per heavy atom. The molecule has 0 unspecified atom stereocenters. The Kier molecular flexibility index (Phi) is 5.50. The lowest BCUT2D eigenvalue weighted by Gasteiger charge is -2.14. The van der Waals surface area contributed by atoms with Gasteiger partial charge in [0.2, 0.25) is 0 Å². The Labute approximate surface area is 126 Å². The van der Waals surface area contributed by atoms with Crippen LogP contribution in [-0.2, 0) is 0 Å². The second-order valence-corrected chi connectivity index (χ2v) is 5.32. The molecule has 0 aliphatic heterocycles. The molecule has 0 aromatic heterocycles. The molecule has 2 N–H and O–H groups in total. The van der Waals surface area contributed by atoms with Gasteiger partial charge in [-0.3, -0.25) is 0 Å². The summed E-state index contributed by atoms with van der Waals surface area (Å²) in [7, 11) is 0. The van der Waals surface area contributed by atoms with Crippen LogP contribution in [0.3, 0.4) is 0 Å². The number of nitrogens with two attached hydrogens (primary N) is 1. The molecule has 0 spiro atoms. The molecule has 21 heavy (non-hydrogen) atoms. The molecule has 0 aliphatic carbocycles. The predicted molar refractivity (Wildman–Crippen MR) is 87.0 cm³/mol. The van der Waals surface area contributed by atoms with Gasteiger partial charge in [0.25, 0.3) is 0 Å². The van der Waals surface area contributed by atoms with E-state index in [-0.39, 0.29) is 0 Å². The van der Waals surface area contributed by atoms with Crippen molar-refractivity contribution in [3.63, 3.8) is 0 Å². The smallest absolute Gasteiger partial charge is 0.122 e. The molecule has 0 fully saturated rings. The van der Waals surface area contributed by atoms with E-state index >= 15 is 0 Å². The minimum atomic E-state index is 0.463. The van der Waals surface area contributed by atoms with Crippen LogP contribution in [0, 0.1) is 0 Å². The third-order valence-corrected chi connectivity index (χ3v) is 3.21. The summed E-state index contributed by atoms with van der Waals surface area (Å²) in [5.41, 5.74) is 7.67. The molecule has 112 valence electrons. The van der Waals surface area contributed by atoms with Gasteiger partial charge in [0, 0.05) is 18.2 Å². The summed E-state index contributed by atoms with van der Waals surface area (Å²) in [4.78, 5) is 0. The first-order valence-corrected chi connectivity index (χ1v) is 7.37. The number of anilines is 1.